The van der Waals surface area contributed by atoms with Crippen molar-refractivity contribution in [1.29, 1.82) is 0 Å². The SMILES string of the molecule is C=CC(=O)OCCOC(=O)NCCCSCC. The number of amides is 1. The van der Waals surface area contributed by atoms with E-state index in [2.05, 4.69) is 23.6 Å². The van der Waals surface area contributed by atoms with Gasteiger partial charge in [0.05, 0.1) is 0 Å². The second kappa shape index (κ2) is 11.3. The van der Waals surface area contributed by atoms with E-state index in [0.29, 0.717) is 6.54 Å². The summed E-state index contributed by atoms with van der Waals surface area (Å²) in [5, 5.41) is 2.61. The first-order valence-corrected chi connectivity index (χ1v) is 6.63. The first-order chi connectivity index (χ1) is 8.20. The quantitative estimate of drug-likeness (QED) is 0.388. The molecular weight excluding hydrogens is 242 g/mol. The van der Waals surface area contributed by atoms with Crippen LogP contribution < -0.4 is 5.32 Å². The van der Waals surface area contributed by atoms with Crippen molar-refractivity contribution in [3.63, 3.8) is 0 Å². The molecule has 6 heteroatoms. The number of carbonyl (C=O) groups is 2. The van der Waals surface area contributed by atoms with E-state index in [0.717, 1.165) is 24.0 Å². The number of thioether (sulfide) groups is 1. The lowest BCUT2D eigenvalue weighted by atomic mass is 10.5. The average molecular weight is 261 g/mol. The number of hydrogen-bond donors (Lipinski definition) is 1. The van der Waals surface area contributed by atoms with Crippen molar-refractivity contribution in [1.82, 2.24) is 5.32 Å². The van der Waals surface area contributed by atoms with Crippen molar-refractivity contribution < 1.29 is 19.1 Å². The molecule has 0 aliphatic carbocycles. The van der Waals surface area contributed by atoms with Crippen LogP contribution in [0.1, 0.15) is 13.3 Å². The van der Waals surface area contributed by atoms with Crippen LogP contribution in [0.2, 0.25) is 0 Å². The predicted molar refractivity (Wildman–Crippen MR) is 68.1 cm³/mol. The highest BCUT2D eigenvalue weighted by atomic mass is 32.2. The zero-order chi connectivity index (χ0) is 12.9. The van der Waals surface area contributed by atoms with Crippen LogP contribution in [-0.2, 0) is 14.3 Å². The minimum absolute atomic E-state index is 0.0456. The highest BCUT2D eigenvalue weighted by Gasteiger charge is 2.01. The fourth-order valence-electron chi connectivity index (χ4n) is 0.896. The lowest BCUT2D eigenvalue weighted by Gasteiger charge is -2.06. The molecule has 0 bridgehead atoms. The van der Waals surface area contributed by atoms with Gasteiger partial charge >= 0.3 is 12.1 Å². The smallest absolute Gasteiger partial charge is 0.407 e. The minimum Gasteiger partial charge on any atom is -0.459 e. The van der Waals surface area contributed by atoms with E-state index in [1.807, 2.05) is 11.8 Å². The van der Waals surface area contributed by atoms with Crippen LogP contribution in [0.4, 0.5) is 4.79 Å². The van der Waals surface area contributed by atoms with Crippen LogP contribution in [0, 0.1) is 0 Å². The molecule has 0 saturated heterocycles. The summed E-state index contributed by atoms with van der Waals surface area (Å²) in [5.74, 6) is 1.58. The standard InChI is InChI=1S/C11H19NO4S/c1-3-10(13)15-7-8-16-11(14)12-6-5-9-17-4-2/h3H,1,4-9H2,2H3,(H,12,14). The van der Waals surface area contributed by atoms with Gasteiger partial charge < -0.3 is 14.8 Å². The van der Waals surface area contributed by atoms with Gasteiger partial charge in [0.1, 0.15) is 13.2 Å². The molecule has 0 aromatic rings. The second-order valence-corrected chi connectivity index (χ2v) is 4.38. The summed E-state index contributed by atoms with van der Waals surface area (Å²) in [4.78, 5) is 21.7. The second-order valence-electron chi connectivity index (χ2n) is 2.98. The molecular formula is C11H19NO4S. The molecule has 0 saturated carbocycles. The van der Waals surface area contributed by atoms with Crippen LogP contribution in [0.25, 0.3) is 0 Å². The topological polar surface area (TPSA) is 64.6 Å². The molecule has 0 fully saturated rings. The van der Waals surface area contributed by atoms with Crippen molar-refractivity contribution in [3.8, 4) is 0 Å². The molecule has 0 heterocycles. The fourth-order valence-corrected chi connectivity index (χ4v) is 1.53. The van der Waals surface area contributed by atoms with E-state index in [-0.39, 0.29) is 13.2 Å². The van der Waals surface area contributed by atoms with Crippen molar-refractivity contribution in [3.05, 3.63) is 12.7 Å². The van der Waals surface area contributed by atoms with Gasteiger partial charge in [-0.2, -0.15) is 11.8 Å². The van der Waals surface area contributed by atoms with E-state index < -0.39 is 12.1 Å². The molecule has 17 heavy (non-hydrogen) atoms. The van der Waals surface area contributed by atoms with E-state index in [9.17, 15) is 9.59 Å². The summed E-state index contributed by atoms with van der Waals surface area (Å²) in [6.07, 6.45) is 1.49. The number of hydrogen-bond acceptors (Lipinski definition) is 5. The minimum atomic E-state index is -0.523. The molecule has 0 aliphatic heterocycles. The number of nitrogens with one attached hydrogen (secondary N) is 1. The van der Waals surface area contributed by atoms with Gasteiger partial charge in [-0.3, -0.25) is 0 Å². The van der Waals surface area contributed by atoms with Crippen LogP contribution in [0.5, 0.6) is 0 Å². The fraction of sp³-hybridized carbons (Fsp3) is 0.636. The molecule has 1 N–H and O–H groups in total. The summed E-state index contributed by atoms with van der Waals surface area (Å²) in [5.41, 5.74) is 0. The Hall–Kier alpha value is -1.17. The molecule has 0 radical (unpaired) electrons. The Kier molecular flexibility index (Phi) is 10.5. The lowest BCUT2D eigenvalue weighted by molar-refractivity contribution is -0.138. The molecule has 1 amide bonds. The third-order valence-electron chi connectivity index (χ3n) is 1.67. The van der Waals surface area contributed by atoms with E-state index in [1.54, 1.807) is 0 Å². The first-order valence-electron chi connectivity index (χ1n) is 5.48. The van der Waals surface area contributed by atoms with Gasteiger partial charge in [0.2, 0.25) is 0 Å². The van der Waals surface area contributed by atoms with Gasteiger partial charge in [-0.15, -0.1) is 0 Å². The Morgan fingerprint density at radius 1 is 1.35 bits per heavy atom. The van der Waals surface area contributed by atoms with Gasteiger partial charge in [-0.25, -0.2) is 9.59 Å². The molecule has 5 nitrogen and oxygen atoms in total. The Balaban J connectivity index is 3.29. The maximum Gasteiger partial charge on any atom is 0.407 e. The summed E-state index contributed by atoms with van der Waals surface area (Å²) in [6, 6.07) is 0. The zero-order valence-electron chi connectivity index (χ0n) is 10.1. The molecule has 0 aliphatic rings. The van der Waals surface area contributed by atoms with E-state index in [1.165, 1.54) is 0 Å². The highest BCUT2D eigenvalue weighted by molar-refractivity contribution is 7.99. The Labute approximate surface area is 106 Å². The van der Waals surface area contributed by atoms with Gasteiger partial charge in [-0.05, 0) is 17.9 Å². The average Bonchev–Trinajstić information content (AvgIpc) is 2.34. The van der Waals surface area contributed by atoms with Crippen LogP contribution in [0.15, 0.2) is 12.7 Å². The van der Waals surface area contributed by atoms with E-state index in [4.69, 9.17) is 4.74 Å². The van der Waals surface area contributed by atoms with Crippen molar-refractivity contribution in [2.75, 3.05) is 31.3 Å². The van der Waals surface area contributed by atoms with Gasteiger partial charge in [0.25, 0.3) is 0 Å². The molecule has 0 atom stereocenters. The first kappa shape index (κ1) is 15.8. The van der Waals surface area contributed by atoms with Crippen molar-refractivity contribution in [2.24, 2.45) is 0 Å². The third kappa shape index (κ3) is 11.1. The number of carbonyl (C=O) groups excluding carboxylic acids is 2. The Morgan fingerprint density at radius 3 is 2.71 bits per heavy atom. The van der Waals surface area contributed by atoms with Gasteiger partial charge in [0, 0.05) is 12.6 Å². The van der Waals surface area contributed by atoms with Crippen LogP contribution in [0.3, 0.4) is 0 Å². The summed E-state index contributed by atoms with van der Waals surface area (Å²) >= 11 is 1.83. The van der Waals surface area contributed by atoms with Gasteiger partial charge in [0.15, 0.2) is 0 Å². The lowest BCUT2D eigenvalue weighted by Crippen LogP contribution is -2.27. The number of rotatable bonds is 9. The molecule has 98 valence electrons. The van der Waals surface area contributed by atoms with Crippen LogP contribution in [-0.4, -0.2) is 43.3 Å². The van der Waals surface area contributed by atoms with Crippen molar-refractivity contribution in [2.45, 2.75) is 13.3 Å². The highest BCUT2D eigenvalue weighted by Crippen LogP contribution is 1.99. The zero-order valence-corrected chi connectivity index (χ0v) is 10.9. The maximum atomic E-state index is 11.1. The van der Waals surface area contributed by atoms with Crippen LogP contribution >= 0.6 is 11.8 Å². The monoisotopic (exact) mass is 261 g/mol. The normalized spacial score (nSPS) is 9.47. The molecule has 0 spiro atoms. The van der Waals surface area contributed by atoms with Crippen molar-refractivity contribution >= 4 is 23.8 Å². The van der Waals surface area contributed by atoms with E-state index >= 15 is 0 Å². The maximum absolute atomic E-state index is 11.1. The number of esters is 1. The molecule has 0 unspecified atom stereocenters. The summed E-state index contributed by atoms with van der Waals surface area (Å²) < 4.78 is 9.41. The molecule has 0 aromatic carbocycles. The largest absolute Gasteiger partial charge is 0.459 e. The molecule has 0 rings (SSSR count). The number of alkyl carbamates (subject to hydrolysis) is 1. The Morgan fingerprint density at radius 2 is 2.06 bits per heavy atom. The summed E-state index contributed by atoms with van der Waals surface area (Å²) in [7, 11) is 0. The number of ether oxygens (including phenoxy) is 2. The Bertz CT molecular complexity index is 246. The van der Waals surface area contributed by atoms with Gasteiger partial charge in [-0.1, -0.05) is 13.5 Å². The summed E-state index contributed by atoms with van der Waals surface area (Å²) in [6.45, 7) is 6.03. The molecule has 0 aromatic heterocycles. The predicted octanol–water partition coefficient (Wildman–Crippen LogP) is 1.58. The third-order valence-corrected chi connectivity index (χ3v) is 2.65.